The van der Waals surface area contributed by atoms with Gasteiger partial charge in [-0.2, -0.15) is 0 Å². The molecule has 0 aliphatic rings. The number of hydrogen-bond acceptors (Lipinski definition) is 4. The number of aliphatic imine (C=N–C) groups is 1. The Hall–Kier alpha value is -2.75. The number of hydrogen-bond donors (Lipinski definition) is 1. The Balaban J connectivity index is 1.64. The molecule has 216 valence electrons. The van der Waals surface area contributed by atoms with Crippen LogP contribution in [-0.2, 0) is 0 Å². The van der Waals surface area contributed by atoms with E-state index in [1.54, 1.807) is 12.3 Å². The molecule has 1 N–H and O–H groups in total. The molecule has 2 rings (SSSR count). The number of rotatable bonds is 21. The first-order valence-electron chi connectivity index (χ1n) is 15.3. The number of phenolic OH excluding ortho intramolecular Hbond substituents is 1. The maximum Gasteiger partial charge on any atom is 0.128 e. The second kappa shape index (κ2) is 20.2. The second-order valence-electron chi connectivity index (χ2n) is 11.1. The summed E-state index contributed by atoms with van der Waals surface area (Å²) in [5.41, 5.74) is 2.87. The van der Waals surface area contributed by atoms with Gasteiger partial charge in [0.2, 0.25) is 0 Å². The van der Waals surface area contributed by atoms with Gasteiger partial charge in [-0.25, -0.2) is 0 Å². The topological polar surface area (TPSA) is 51.0 Å². The third-order valence-corrected chi connectivity index (χ3v) is 7.05. The van der Waals surface area contributed by atoms with Gasteiger partial charge in [-0.1, -0.05) is 83.3 Å². The molecule has 4 heteroatoms. The molecular formula is C35H53NO3. The highest BCUT2D eigenvalue weighted by atomic mass is 16.5. The summed E-state index contributed by atoms with van der Waals surface area (Å²) in [5.74, 6) is 2.39. The van der Waals surface area contributed by atoms with E-state index in [0.29, 0.717) is 23.8 Å². The zero-order valence-corrected chi connectivity index (χ0v) is 25.1. The summed E-state index contributed by atoms with van der Waals surface area (Å²) in [6.45, 7) is 10.3. The van der Waals surface area contributed by atoms with Crippen molar-refractivity contribution >= 4 is 11.9 Å². The molecule has 2 aromatic rings. The molecule has 0 heterocycles. The van der Waals surface area contributed by atoms with E-state index in [-0.39, 0.29) is 5.75 Å². The van der Waals surface area contributed by atoms with Gasteiger partial charge in [-0.3, -0.25) is 4.99 Å². The molecule has 0 saturated heterocycles. The van der Waals surface area contributed by atoms with Crippen LogP contribution in [0.5, 0.6) is 17.2 Å². The molecule has 0 aromatic heterocycles. The zero-order chi connectivity index (χ0) is 28.1. The van der Waals surface area contributed by atoms with Crippen LogP contribution in [0.4, 0.5) is 5.69 Å². The van der Waals surface area contributed by atoms with E-state index in [2.05, 4.69) is 38.8 Å². The third-order valence-electron chi connectivity index (χ3n) is 7.05. The van der Waals surface area contributed by atoms with Crippen molar-refractivity contribution in [2.45, 2.75) is 111 Å². The third kappa shape index (κ3) is 15.4. The lowest BCUT2D eigenvalue weighted by Crippen LogP contribution is -2.04. The van der Waals surface area contributed by atoms with Gasteiger partial charge in [0.1, 0.15) is 17.2 Å². The highest BCUT2D eigenvalue weighted by Crippen LogP contribution is 2.24. The minimum absolute atomic E-state index is 0.179. The van der Waals surface area contributed by atoms with Crippen LogP contribution in [0.3, 0.4) is 0 Å². The maximum absolute atomic E-state index is 10.4. The summed E-state index contributed by atoms with van der Waals surface area (Å²) >= 11 is 0. The van der Waals surface area contributed by atoms with Crippen molar-refractivity contribution < 1.29 is 14.6 Å². The van der Waals surface area contributed by atoms with Gasteiger partial charge in [0, 0.05) is 17.8 Å². The molecule has 39 heavy (non-hydrogen) atoms. The first-order valence-corrected chi connectivity index (χ1v) is 15.3. The maximum atomic E-state index is 10.4. The fourth-order valence-electron chi connectivity index (χ4n) is 4.45. The molecule has 0 saturated carbocycles. The molecular weight excluding hydrogens is 482 g/mol. The second-order valence-corrected chi connectivity index (χ2v) is 11.1. The standard InChI is InChI=1S/C35H53NO3/c1-5-6-7-8-9-10-11-12-13-14-25-38-34-21-18-31(35(37)27-34)28-36-32-19-22-33(23-20-32)39-26-24-30(4)17-15-16-29(2)3/h16,18-23,27-28,30,37H,5-15,17,24-26H2,1-4H3. The Kier molecular flexibility index (Phi) is 16.8. The van der Waals surface area contributed by atoms with E-state index in [4.69, 9.17) is 9.47 Å². The molecule has 0 aliphatic carbocycles. The van der Waals surface area contributed by atoms with E-state index in [1.165, 1.54) is 69.8 Å². The quantitative estimate of drug-likeness (QED) is 0.0982. The number of aromatic hydroxyl groups is 1. The SMILES string of the molecule is CCCCCCCCCCCCOc1ccc(C=Nc2ccc(OCCC(C)CCC=C(C)C)cc2)c(O)c1. The smallest absolute Gasteiger partial charge is 0.128 e. The molecule has 0 fully saturated rings. The average molecular weight is 536 g/mol. The molecule has 0 spiro atoms. The van der Waals surface area contributed by atoms with Crippen molar-refractivity contribution in [1.82, 2.24) is 0 Å². The molecule has 1 atom stereocenters. The van der Waals surface area contributed by atoms with Crippen LogP contribution in [0, 0.1) is 5.92 Å². The van der Waals surface area contributed by atoms with Crippen LogP contribution in [0.2, 0.25) is 0 Å². The van der Waals surface area contributed by atoms with E-state index in [9.17, 15) is 5.11 Å². The number of unbranched alkanes of at least 4 members (excludes halogenated alkanes) is 9. The van der Waals surface area contributed by atoms with Gasteiger partial charge in [-0.05, 0) is 81.8 Å². The first kappa shape index (κ1) is 32.5. The van der Waals surface area contributed by atoms with Crippen molar-refractivity contribution in [2.75, 3.05) is 13.2 Å². The van der Waals surface area contributed by atoms with Crippen LogP contribution in [0.25, 0.3) is 0 Å². The summed E-state index contributed by atoms with van der Waals surface area (Å²) in [4.78, 5) is 4.51. The minimum Gasteiger partial charge on any atom is -0.507 e. The summed E-state index contributed by atoms with van der Waals surface area (Å²) in [7, 11) is 0. The van der Waals surface area contributed by atoms with Gasteiger partial charge in [0.05, 0.1) is 18.9 Å². The predicted octanol–water partition coefficient (Wildman–Crippen LogP) is 10.6. The van der Waals surface area contributed by atoms with Crippen LogP contribution in [-0.4, -0.2) is 24.5 Å². The van der Waals surface area contributed by atoms with Crippen molar-refractivity contribution in [3.8, 4) is 17.2 Å². The molecule has 0 bridgehead atoms. The Labute approximate surface area is 238 Å². The van der Waals surface area contributed by atoms with Crippen molar-refractivity contribution in [2.24, 2.45) is 10.9 Å². The van der Waals surface area contributed by atoms with Gasteiger partial charge in [0.15, 0.2) is 0 Å². The van der Waals surface area contributed by atoms with Crippen LogP contribution < -0.4 is 9.47 Å². The van der Waals surface area contributed by atoms with Gasteiger partial charge in [-0.15, -0.1) is 0 Å². The van der Waals surface area contributed by atoms with Crippen molar-refractivity contribution in [1.29, 1.82) is 0 Å². The van der Waals surface area contributed by atoms with E-state index in [0.717, 1.165) is 37.3 Å². The Morgan fingerprint density at radius 2 is 1.41 bits per heavy atom. The number of ether oxygens (including phenoxy) is 2. The van der Waals surface area contributed by atoms with Crippen LogP contribution >= 0.6 is 0 Å². The van der Waals surface area contributed by atoms with Gasteiger partial charge >= 0.3 is 0 Å². The molecule has 4 nitrogen and oxygen atoms in total. The summed E-state index contributed by atoms with van der Waals surface area (Å²) in [6.07, 6.45) is 20.4. The average Bonchev–Trinajstić information content (AvgIpc) is 2.92. The zero-order valence-electron chi connectivity index (χ0n) is 25.1. The largest absolute Gasteiger partial charge is 0.507 e. The molecule has 1 unspecified atom stereocenters. The number of benzene rings is 2. The van der Waals surface area contributed by atoms with E-state index < -0.39 is 0 Å². The number of phenols is 1. The van der Waals surface area contributed by atoms with Gasteiger partial charge < -0.3 is 14.6 Å². The van der Waals surface area contributed by atoms with Crippen molar-refractivity contribution in [3.05, 3.63) is 59.7 Å². The van der Waals surface area contributed by atoms with Crippen LogP contribution in [0.15, 0.2) is 59.1 Å². The predicted molar refractivity (Wildman–Crippen MR) is 167 cm³/mol. The molecule has 0 radical (unpaired) electrons. The normalized spacial score (nSPS) is 12.0. The van der Waals surface area contributed by atoms with Crippen molar-refractivity contribution in [3.63, 3.8) is 0 Å². The Bertz CT molecular complexity index is 960. The van der Waals surface area contributed by atoms with Crippen LogP contribution in [0.1, 0.15) is 117 Å². The number of allylic oxidation sites excluding steroid dienone is 2. The summed E-state index contributed by atoms with van der Waals surface area (Å²) < 4.78 is 11.8. The summed E-state index contributed by atoms with van der Waals surface area (Å²) in [6, 6.07) is 13.2. The molecule has 2 aromatic carbocycles. The van der Waals surface area contributed by atoms with E-state index in [1.807, 2.05) is 36.4 Å². The lowest BCUT2D eigenvalue weighted by Gasteiger charge is -2.11. The molecule has 0 aliphatic heterocycles. The fraction of sp³-hybridized carbons (Fsp3) is 0.571. The van der Waals surface area contributed by atoms with E-state index >= 15 is 0 Å². The highest BCUT2D eigenvalue weighted by molar-refractivity contribution is 5.85. The monoisotopic (exact) mass is 535 g/mol. The minimum atomic E-state index is 0.179. The Morgan fingerprint density at radius 3 is 2.05 bits per heavy atom. The lowest BCUT2D eigenvalue weighted by molar-refractivity contribution is 0.279. The fourth-order valence-corrected chi connectivity index (χ4v) is 4.45. The molecule has 0 amide bonds. The summed E-state index contributed by atoms with van der Waals surface area (Å²) in [5, 5.41) is 10.4. The first-order chi connectivity index (χ1) is 19.0. The lowest BCUT2D eigenvalue weighted by atomic mass is 10.0. The highest BCUT2D eigenvalue weighted by Gasteiger charge is 2.04. The number of nitrogens with zero attached hydrogens (tertiary/aromatic N) is 1. The Morgan fingerprint density at radius 1 is 0.795 bits per heavy atom. The van der Waals surface area contributed by atoms with Gasteiger partial charge in [0.25, 0.3) is 0 Å².